The lowest BCUT2D eigenvalue weighted by atomic mass is 9.69. The summed E-state index contributed by atoms with van der Waals surface area (Å²) in [5.41, 5.74) is 6.71. The van der Waals surface area contributed by atoms with Gasteiger partial charge in [0.2, 0.25) is 5.89 Å². The van der Waals surface area contributed by atoms with Crippen LogP contribution in [0.5, 0.6) is 0 Å². The Bertz CT molecular complexity index is 513. The molecular weight excluding hydrogens is 228 g/mol. The first-order valence-electron chi connectivity index (χ1n) is 6.25. The Morgan fingerprint density at radius 2 is 2.22 bits per heavy atom. The molecule has 18 heavy (non-hydrogen) atoms. The van der Waals surface area contributed by atoms with Gasteiger partial charge in [-0.15, -0.1) is 0 Å². The molecule has 5 heteroatoms. The predicted octanol–water partition coefficient (Wildman–Crippen LogP) is 1.44. The lowest BCUT2D eigenvalue weighted by molar-refractivity contribution is 0.181. The van der Waals surface area contributed by atoms with Crippen molar-refractivity contribution in [3.63, 3.8) is 0 Å². The Labute approximate surface area is 105 Å². The molecule has 2 aromatic rings. The molecule has 0 atom stereocenters. The maximum atomic E-state index is 5.82. The number of pyridine rings is 1. The van der Waals surface area contributed by atoms with E-state index in [2.05, 4.69) is 15.1 Å². The Balaban J connectivity index is 1.78. The molecule has 0 aliphatic heterocycles. The molecular formula is C13H16N4O. The highest BCUT2D eigenvalue weighted by atomic mass is 16.5. The second-order valence-electron chi connectivity index (χ2n) is 4.85. The zero-order valence-electron chi connectivity index (χ0n) is 10.2. The van der Waals surface area contributed by atoms with Crippen molar-refractivity contribution < 1.29 is 4.52 Å². The first kappa shape index (κ1) is 11.3. The minimum atomic E-state index is -0.0602. The second-order valence-corrected chi connectivity index (χ2v) is 4.85. The molecule has 1 fully saturated rings. The van der Waals surface area contributed by atoms with Gasteiger partial charge in [-0.25, -0.2) is 0 Å². The van der Waals surface area contributed by atoms with Gasteiger partial charge in [0, 0.05) is 18.4 Å². The maximum Gasteiger partial charge on any atom is 0.234 e. The van der Waals surface area contributed by atoms with Gasteiger partial charge in [-0.05, 0) is 25.0 Å². The van der Waals surface area contributed by atoms with E-state index < -0.39 is 0 Å². The van der Waals surface area contributed by atoms with Crippen LogP contribution in [0, 0.1) is 0 Å². The summed E-state index contributed by atoms with van der Waals surface area (Å²) in [5.74, 6) is 1.38. The molecule has 2 aromatic heterocycles. The van der Waals surface area contributed by atoms with Crippen molar-refractivity contribution >= 4 is 0 Å². The SMILES string of the molecule is NCC1(c2nc(Cc3ccccn3)no2)CCC1. The monoisotopic (exact) mass is 244 g/mol. The number of nitrogens with two attached hydrogens (primary N) is 1. The normalized spacial score (nSPS) is 17.4. The van der Waals surface area contributed by atoms with E-state index in [0.717, 1.165) is 18.5 Å². The average molecular weight is 244 g/mol. The molecule has 0 aromatic carbocycles. The lowest BCUT2D eigenvalue weighted by Crippen LogP contribution is -2.41. The molecule has 2 N–H and O–H groups in total. The van der Waals surface area contributed by atoms with Crippen LogP contribution in [-0.4, -0.2) is 21.7 Å². The molecule has 0 amide bonds. The van der Waals surface area contributed by atoms with Gasteiger partial charge in [-0.2, -0.15) is 4.98 Å². The van der Waals surface area contributed by atoms with Crippen LogP contribution in [0.25, 0.3) is 0 Å². The maximum absolute atomic E-state index is 5.82. The van der Waals surface area contributed by atoms with Crippen molar-refractivity contribution in [3.8, 4) is 0 Å². The molecule has 94 valence electrons. The molecule has 1 saturated carbocycles. The fourth-order valence-electron chi connectivity index (χ4n) is 2.31. The van der Waals surface area contributed by atoms with Gasteiger partial charge >= 0.3 is 0 Å². The number of rotatable bonds is 4. The second kappa shape index (κ2) is 4.49. The Morgan fingerprint density at radius 3 is 2.83 bits per heavy atom. The summed E-state index contributed by atoms with van der Waals surface area (Å²) in [6.07, 6.45) is 5.66. The van der Waals surface area contributed by atoms with Crippen molar-refractivity contribution in [2.24, 2.45) is 5.73 Å². The van der Waals surface area contributed by atoms with E-state index in [1.54, 1.807) is 6.20 Å². The number of hydrogen-bond acceptors (Lipinski definition) is 5. The zero-order chi connectivity index (χ0) is 12.4. The van der Waals surface area contributed by atoms with E-state index >= 15 is 0 Å². The topological polar surface area (TPSA) is 77.8 Å². The Kier molecular flexibility index (Phi) is 2.83. The summed E-state index contributed by atoms with van der Waals surface area (Å²) < 4.78 is 5.37. The van der Waals surface area contributed by atoms with E-state index in [1.165, 1.54) is 6.42 Å². The van der Waals surface area contributed by atoms with Gasteiger partial charge in [-0.3, -0.25) is 4.98 Å². The summed E-state index contributed by atoms with van der Waals surface area (Å²) in [5, 5.41) is 4.03. The van der Waals surface area contributed by atoms with E-state index in [0.29, 0.717) is 24.7 Å². The molecule has 0 radical (unpaired) electrons. The van der Waals surface area contributed by atoms with Crippen molar-refractivity contribution in [2.45, 2.75) is 31.1 Å². The highest BCUT2D eigenvalue weighted by Gasteiger charge is 2.42. The molecule has 1 aliphatic carbocycles. The third-order valence-electron chi connectivity index (χ3n) is 3.69. The number of hydrogen-bond donors (Lipinski definition) is 1. The fourth-order valence-corrected chi connectivity index (χ4v) is 2.31. The Hall–Kier alpha value is -1.75. The van der Waals surface area contributed by atoms with Gasteiger partial charge in [0.05, 0.1) is 11.8 Å². The van der Waals surface area contributed by atoms with Gasteiger partial charge in [0.1, 0.15) is 0 Å². The molecule has 2 heterocycles. The minimum absolute atomic E-state index is 0.0602. The minimum Gasteiger partial charge on any atom is -0.339 e. The van der Waals surface area contributed by atoms with Gasteiger partial charge < -0.3 is 10.3 Å². The van der Waals surface area contributed by atoms with Crippen LogP contribution in [0.4, 0.5) is 0 Å². The summed E-state index contributed by atoms with van der Waals surface area (Å²) in [6.45, 7) is 0.582. The van der Waals surface area contributed by atoms with E-state index in [9.17, 15) is 0 Å². The highest BCUT2D eigenvalue weighted by molar-refractivity contribution is 5.14. The van der Waals surface area contributed by atoms with E-state index in [-0.39, 0.29) is 5.41 Å². The Morgan fingerprint density at radius 1 is 1.33 bits per heavy atom. The van der Waals surface area contributed by atoms with Gasteiger partial charge in [-0.1, -0.05) is 17.6 Å². The highest BCUT2D eigenvalue weighted by Crippen LogP contribution is 2.41. The van der Waals surface area contributed by atoms with Gasteiger partial charge in [0.25, 0.3) is 0 Å². The van der Waals surface area contributed by atoms with Crippen molar-refractivity contribution in [2.75, 3.05) is 6.54 Å². The smallest absolute Gasteiger partial charge is 0.234 e. The molecule has 3 rings (SSSR count). The molecule has 1 aliphatic rings. The summed E-state index contributed by atoms with van der Waals surface area (Å²) in [7, 11) is 0. The first-order chi connectivity index (χ1) is 8.82. The lowest BCUT2D eigenvalue weighted by Gasteiger charge is -2.36. The van der Waals surface area contributed by atoms with Crippen LogP contribution in [-0.2, 0) is 11.8 Å². The predicted molar refractivity (Wildman–Crippen MR) is 65.9 cm³/mol. The van der Waals surface area contributed by atoms with Gasteiger partial charge in [0.15, 0.2) is 5.82 Å². The number of aromatic nitrogens is 3. The average Bonchev–Trinajstić information content (AvgIpc) is 2.79. The summed E-state index contributed by atoms with van der Waals surface area (Å²) in [4.78, 5) is 8.73. The van der Waals surface area contributed by atoms with Crippen LogP contribution in [0.15, 0.2) is 28.9 Å². The first-order valence-corrected chi connectivity index (χ1v) is 6.25. The van der Waals surface area contributed by atoms with Crippen molar-refractivity contribution in [1.82, 2.24) is 15.1 Å². The van der Waals surface area contributed by atoms with Crippen LogP contribution >= 0.6 is 0 Å². The molecule has 0 unspecified atom stereocenters. The van der Waals surface area contributed by atoms with Crippen molar-refractivity contribution in [1.29, 1.82) is 0 Å². The van der Waals surface area contributed by atoms with E-state index in [4.69, 9.17) is 10.3 Å². The van der Waals surface area contributed by atoms with Crippen LogP contribution < -0.4 is 5.73 Å². The fraction of sp³-hybridized carbons (Fsp3) is 0.462. The van der Waals surface area contributed by atoms with Crippen LogP contribution in [0.1, 0.15) is 36.7 Å². The summed E-state index contributed by atoms with van der Waals surface area (Å²) in [6, 6.07) is 5.80. The largest absolute Gasteiger partial charge is 0.339 e. The van der Waals surface area contributed by atoms with Crippen LogP contribution in [0.3, 0.4) is 0 Å². The summed E-state index contributed by atoms with van der Waals surface area (Å²) >= 11 is 0. The van der Waals surface area contributed by atoms with E-state index in [1.807, 2.05) is 18.2 Å². The molecule has 0 bridgehead atoms. The molecule has 0 saturated heterocycles. The molecule has 0 spiro atoms. The third kappa shape index (κ3) is 1.90. The van der Waals surface area contributed by atoms with Crippen LogP contribution in [0.2, 0.25) is 0 Å². The quantitative estimate of drug-likeness (QED) is 0.880. The third-order valence-corrected chi connectivity index (χ3v) is 3.69. The standard InChI is InChI=1S/C13H16N4O/c14-9-13(5-3-6-13)12-16-11(17-18-12)8-10-4-1-2-7-15-10/h1-2,4,7H,3,5-6,8-9,14H2. The molecule has 5 nitrogen and oxygen atoms in total. The number of nitrogens with zero attached hydrogens (tertiary/aromatic N) is 3. The zero-order valence-corrected chi connectivity index (χ0v) is 10.2. The van der Waals surface area contributed by atoms with Crippen molar-refractivity contribution in [3.05, 3.63) is 41.8 Å².